The Morgan fingerprint density at radius 1 is 0.800 bits per heavy atom. The first-order valence-electron chi connectivity index (χ1n) is 4.34. The van der Waals surface area contributed by atoms with E-state index < -0.39 is 0 Å². The van der Waals surface area contributed by atoms with Crippen LogP contribution in [0.5, 0.6) is 17.2 Å². The zero-order chi connectivity index (χ0) is 9.80. The first-order valence-corrected chi connectivity index (χ1v) is 4.34. The van der Waals surface area contributed by atoms with E-state index in [-0.39, 0.29) is 35.3 Å². The minimum atomic E-state index is -0.0431. The standard InChI is InChI=1S/C12H10O2.Na/c13-10-5-4-8-12(9-10)14-11-6-2-1-3-7-11;/h1-9,13H;/q;+1/p-1. The zero-order valence-corrected chi connectivity index (χ0v) is 10.5. The van der Waals surface area contributed by atoms with Crippen LogP contribution < -0.4 is 39.4 Å². The van der Waals surface area contributed by atoms with E-state index in [1.165, 1.54) is 12.1 Å². The summed E-state index contributed by atoms with van der Waals surface area (Å²) in [5.74, 6) is 1.26. The van der Waals surface area contributed by atoms with Crippen molar-refractivity contribution in [2.45, 2.75) is 0 Å². The van der Waals surface area contributed by atoms with E-state index in [4.69, 9.17) is 4.74 Å². The van der Waals surface area contributed by atoms with Gasteiger partial charge in [0, 0.05) is 0 Å². The third-order valence-corrected chi connectivity index (χ3v) is 1.78. The Hall–Kier alpha value is -0.960. The van der Waals surface area contributed by atoms with Gasteiger partial charge in [-0.3, -0.25) is 0 Å². The van der Waals surface area contributed by atoms with Gasteiger partial charge in [-0.1, -0.05) is 30.3 Å². The molecule has 0 aliphatic heterocycles. The van der Waals surface area contributed by atoms with Gasteiger partial charge in [0.2, 0.25) is 0 Å². The number of hydrogen-bond donors (Lipinski definition) is 0. The van der Waals surface area contributed by atoms with Crippen LogP contribution >= 0.6 is 0 Å². The summed E-state index contributed by atoms with van der Waals surface area (Å²) >= 11 is 0. The van der Waals surface area contributed by atoms with Crippen LogP contribution in [0, 0.1) is 0 Å². The molecule has 0 N–H and O–H groups in total. The Kier molecular flexibility index (Phi) is 4.69. The van der Waals surface area contributed by atoms with Crippen LogP contribution in [0.1, 0.15) is 0 Å². The Bertz CT molecular complexity index is 415. The van der Waals surface area contributed by atoms with E-state index in [1.54, 1.807) is 12.1 Å². The molecule has 2 aromatic carbocycles. The molecular formula is C12H9NaO2. The van der Waals surface area contributed by atoms with Crippen LogP contribution in [0.4, 0.5) is 0 Å². The molecule has 0 saturated heterocycles. The Morgan fingerprint density at radius 3 is 2.13 bits per heavy atom. The first-order chi connectivity index (χ1) is 6.84. The fourth-order valence-corrected chi connectivity index (χ4v) is 1.16. The third kappa shape index (κ3) is 3.59. The number of ether oxygens (including phenoxy) is 1. The Morgan fingerprint density at radius 2 is 1.47 bits per heavy atom. The largest absolute Gasteiger partial charge is 1.00 e. The first kappa shape index (κ1) is 12.1. The maximum absolute atomic E-state index is 11.0. The molecule has 15 heavy (non-hydrogen) atoms. The Balaban J connectivity index is 0.00000112. The van der Waals surface area contributed by atoms with Crippen LogP contribution in [0.3, 0.4) is 0 Å². The van der Waals surface area contributed by atoms with Crippen molar-refractivity contribution in [2.75, 3.05) is 0 Å². The number of para-hydroxylation sites is 1. The number of benzene rings is 2. The average molecular weight is 208 g/mol. The molecule has 2 aromatic rings. The summed E-state index contributed by atoms with van der Waals surface area (Å²) in [4.78, 5) is 0. The smallest absolute Gasteiger partial charge is 0.872 e. The number of rotatable bonds is 2. The molecule has 0 amide bonds. The van der Waals surface area contributed by atoms with Gasteiger partial charge in [0.25, 0.3) is 0 Å². The van der Waals surface area contributed by atoms with Crippen LogP contribution in [-0.4, -0.2) is 0 Å². The second-order valence-electron chi connectivity index (χ2n) is 2.89. The molecule has 2 nitrogen and oxygen atoms in total. The van der Waals surface area contributed by atoms with Gasteiger partial charge in [-0.15, -0.1) is 5.75 Å². The van der Waals surface area contributed by atoms with E-state index in [0.29, 0.717) is 5.75 Å². The van der Waals surface area contributed by atoms with Gasteiger partial charge in [0.1, 0.15) is 11.5 Å². The van der Waals surface area contributed by atoms with E-state index in [1.807, 2.05) is 30.3 Å². The third-order valence-electron chi connectivity index (χ3n) is 1.78. The second kappa shape index (κ2) is 5.81. The van der Waals surface area contributed by atoms with E-state index in [2.05, 4.69) is 0 Å². The monoisotopic (exact) mass is 208 g/mol. The van der Waals surface area contributed by atoms with E-state index >= 15 is 0 Å². The van der Waals surface area contributed by atoms with E-state index in [0.717, 1.165) is 5.75 Å². The molecule has 0 aliphatic rings. The normalized spacial score (nSPS) is 9.07. The summed E-state index contributed by atoms with van der Waals surface area (Å²) in [5, 5.41) is 11.0. The molecule has 0 spiro atoms. The maximum atomic E-state index is 11.0. The van der Waals surface area contributed by atoms with Crippen molar-refractivity contribution in [1.29, 1.82) is 0 Å². The summed E-state index contributed by atoms with van der Waals surface area (Å²) in [6, 6.07) is 15.8. The van der Waals surface area contributed by atoms with Crippen molar-refractivity contribution in [1.82, 2.24) is 0 Å². The van der Waals surface area contributed by atoms with Gasteiger partial charge in [-0.2, -0.15) is 0 Å². The summed E-state index contributed by atoms with van der Waals surface area (Å²) in [6.45, 7) is 0. The molecule has 0 bridgehead atoms. The molecule has 0 radical (unpaired) electrons. The van der Waals surface area contributed by atoms with E-state index in [9.17, 15) is 5.11 Å². The minimum absolute atomic E-state index is 0. The van der Waals surface area contributed by atoms with Crippen molar-refractivity contribution in [3.63, 3.8) is 0 Å². The topological polar surface area (TPSA) is 32.3 Å². The SMILES string of the molecule is [Na+].[O-]c1cccc(Oc2ccccc2)c1. The maximum Gasteiger partial charge on any atom is 1.00 e. The quantitative estimate of drug-likeness (QED) is 0.626. The van der Waals surface area contributed by atoms with Gasteiger partial charge < -0.3 is 9.84 Å². The van der Waals surface area contributed by atoms with Gasteiger partial charge >= 0.3 is 29.6 Å². The molecule has 0 unspecified atom stereocenters. The molecule has 0 saturated carbocycles. The fraction of sp³-hybridized carbons (Fsp3) is 0. The van der Waals surface area contributed by atoms with Crippen molar-refractivity contribution < 1.29 is 39.4 Å². The molecule has 70 valence electrons. The summed E-state index contributed by atoms with van der Waals surface area (Å²) in [7, 11) is 0. The zero-order valence-electron chi connectivity index (χ0n) is 8.51. The Labute approximate surface area is 111 Å². The number of hydrogen-bond acceptors (Lipinski definition) is 2. The molecule has 0 fully saturated rings. The predicted octanol–water partition coefficient (Wildman–Crippen LogP) is -0.444. The van der Waals surface area contributed by atoms with Crippen molar-refractivity contribution in [3.8, 4) is 17.2 Å². The van der Waals surface area contributed by atoms with Crippen molar-refractivity contribution in [2.24, 2.45) is 0 Å². The van der Waals surface area contributed by atoms with Crippen LogP contribution in [0.15, 0.2) is 54.6 Å². The van der Waals surface area contributed by atoms with Crippen LogP contribution in [0.25, 0.3) is 0 Å². The average Bonchev–Trinajstić information content (AvgIpc) is 2.19. The summed E-state index contributed by atoms with van der Waals surface area (Å²) < 4.78 is 5.46. The molecule has 0 aliphatic carbocycles. The summed E-state index contributed by atoms with van der Waals surface area (Å²) in [5.41, 5.74) is 0. The van der Waals surface area contributed by atoms with Gasteiger partial charge in [-0.25, -0.2) is 0 Å². The van der Waals surface area contributed by atoms with Crippen LogP contribution in [-0.2, 0) is 0 Å². The minimum Gasteiger partial charge on any atom is -0.872 e. The van der Waals surface area contributed by atoms with Gasteiger partial charge in [0.15, 0.2) is 0 Å². The molecule has 0 heterocycles. The van der Waals surface area contributed by atoms with Crippen LogP contribution in [0.2, 0.25) is 0 Å². The van der Waals surface area contributed by atoms with Crippen molar-refractivity contribution in [3.05, 3.63) is 54.6 Å². The molecule has 0 atom stereocenters. The fourth-order valence-electron chi connectivity index (χ4n) is 1.16. The second-order valence-corrected chi connectivity index (χ2v) is 2.89. The molecule has 2 rings (SSSR count). The molecular weight excluding hydrogens is 199 g/mol. The van der Waals surface area contributed by atoms with Crippen molar-refractivity contribution >= 4 is 0 Å². The van der Waals surface area contributed by atoms with Gasteiger partial charge in [0.05, 0.1) is 0 Å². The van der Waals surface area contributed by atoms with Gasteiger partial charge in [-0.05, 0) is 24.3 Å². The summed E-state index contributed by atoms with van der Waals surface area (Å²) in [6.07, 6.45) is 0. The predicted molar refractivity (Wildman–Crippen MR) is 52.4 cm³/mol. The molecule has 0 aromatic heterocycles. The molecule has 3 heteroatoms.